The normalized spacial score (nSPS) is 25.6. The van der Waals surface area contributed by atoms with Crippen molar-refractivity contribution >= 4 is 5.91 Å². The Hall–Kier alpha value is -1.59. The molecule has 2 aliphatic heterocycles. The van der Waals surface area contributed by atoms with Crippen LogP contribution in [0.2, 0.25) is 0 Å². The topological polar surface area (TPSA) is 61.8 Å². The Balaban J connectivity index is 1.56. The Labute approximate surface area is 137 Å². The molecule has 2 aliphatic rings. The van der Waals surface area contributed by atoms with Gasteiger partial charge in [0.15, 0.2) is 0 Å². The fourth-order valence-electron chi connectivity index (χ4n) is 3.95. The highest BCUT2D eigenvalue weighted by molar-refractivity contribution is 5.94. The van der Waals surface area contributed by atoms with Crippen LogP contribution in [0.1, 0.15) is 23.2 Å². The zero-order valence-electron chi connectivity index (χ0n) is 13.7. The standard InChI is InChI=1S/C18H26N2O3/c1-23-16-4-2-14(3-5-16)18(22)20-8-6-13(7-9-20)17-11-19-10-15(17)12-21/h2-5,13,15,17,19,21H,6-12H2,1H3/t15-,17-/m0/s1. The van der Waals surface area contributed by atoms with Crippen molar-refractivity contribution in [3.8, 4) is 5.75 Å². The number of amides is 1. The number of aliphatic hydroxyl groups is 1. The highest BCUT2D eigenvalue weighted by atomic mass is 16.5. The summed E-state index contributed by atoms with van der Waals surface area (Å²) >= 11 is 0. The molecule has 0 radical (unpaired) electrons. The molecule has 2 saturated heterocycles. The number of likely N-dealkylation sites (tertiary alicyclic amines) is 1. The molecule has 0 aromatic heterocycles. The van der Waals surface area contributed by atoms with Crippen molar-refractivity contribution in [1.29, 1.82) is 0 Å². The molecule has 2 fully saturated rings. The first-order chi connectivity index (χ1) is 11.2. The lowest BCUT2D eigenvalue weighted by Gasteiger charge is -2.36. The van der Waals surface area contributed by atoms with E-state index in [1.807, 2.05) is 29.2 Å². The van der Waals surface area contributed by atoms with E-state index in [0.29, 0.717) is 17.8 Å². The smallest absolute Gasteiger partial charge is 0.253 e. The fourth-order valence-corrected chi connectivity index (χ4v) is 3.95. The molecule has 0 spiro atoms. The van der Waals surface area contributed by atoms with Crippen LogP contribution in [0.4, 0.5) is 0 Å². The van der Waals surface area contributed by atoms with E-state index in [4.69, 9.17) is 4.74 Å². The van der Waals surface area contributed by atoms with Crippen LogP contribution in [-0.2, 0) is 0 Å². The summed E-state index contributed by atoms with van der Waals surface area (Å²) in [7, 11) is 1.62. The van der Waals surface area contributed by atoms with Crippen LogP contribution in [0.25, 0.3) is 0 Å². The lowest BCUT2D eigenvalue weighted by Crippen LogP contribution is -2.41. The molecule has 23 heavy (non-hydrogen) atoms. The Morgan fingerprint density at radius 3 is 2.57 bits per heavy atom. The molecule has 1 aromatic carbocycles. The van der Waals surface area contributed by atoms with Gasteiger partial charge in [0.1, 0.15) is 5.75 Å². The maximum Gasteiger partial charge on any atom is 0.253 e. The van der Waals surface area contributed by atoms with Gasteiger partial charge < -0.3 is 20.1 Å². The molecular weight excluding hydrogens is 292 g/mol. The lowest BCUT2D eigenvalue weighted by atomic mass is 9.78. The van der Waals surface area contributed by atoms with Crippen molar-refractivity contribution < 1.29 is 14.6 Å². The highest BCUT2D eigenvalue weighted by Gasteiger charge is 2.35. The first-order valence-corrected chi connectivity index (χ1v) is 8.48. The maximum absolute atomic E-state index is 12.6. The van der Waals surface area contributed by atoms with Gasteiger partial charge in [-0.2, -0.15) is 0 Å². The summed E-state index contributed by atoms with van der Waals surface area (Å²) in [5, 5.41) is 12.9. The van der Waals surface area contributed by atoms with Crippen LogP contribution >= 0.6 is 0 Å². The third-order valence-corrected chi connectivity index (χ3v) is 5.40. The van der Waals surface area contributed by atoms with Crippen molar-refractivity contribution in [3.05, 3.63) is 29.8 Å². The zero-order chi connectivity index (χ0) is 16.2. The molecule has 1 aromatic rings. The Morgan fingerprint density at radius 1 is 1.26 bits per heavy atom. The number of carbonyl (C=O) groups excluding carboxylic acids is 1. The Kier molecular flexibility index (Phi) is 5.18. The average molecular weight is 318 g/mol. The molecule has 2 atom stereocenters. The van der Waals surface area contributed by atoms with Crippen molar-refractivity contribution in [1.82, 2.24) is 10.2 Å². The number of methoxy groups -OCH3 is 1. The second kappa shape index (κ2) is 7.32. The third kappa shape index (κ3) is 3.51. The van der Waals surface area contributed by atoms with E-state index in [0.717, 1.165) is 50.3 Å². The Bertz CT molecular complexity index is 524. The molecular formula is C18H26N2O3. The van der Waals surface area contributed by atoms with Crippen molar-refractivity contribution in [2.75, 3.05) is 39.9 Å². The summed E-state index contributed by atoms with van der Waals surface area (Å²) in [5.74, 6) is 2.42. The van der Waals surface area contributed by atoms with E-state index >= 15 is 0 Å². The molecule has 0 saturated carbocycles. The first-order valence-electron chi connectivity index (χ1n) is 8.48. The van der Waals surface area contributed by atoms with Gasteiger partial charge in [-0.1, -0.05) is 0 Å². The molecule has 0 aliphatic carbocycles. The summed E-state index contributed by atoms with van der Waals surface area (Å²) in [5.41, 5.74) is 0.722. The number of nitrogens with one attached hydrogen (secondary N) is 1. The van der Waals surface area contributed by atoms with Crippen molar-refractivity contribution in [2.24, 2.45) is 17.8 Å². The third-order valence-electron chi connectivity index (χ3n) is 5.40. The van der Waals surface area contributed by atoms with Gasteiger partial charge in [-0.05, 0) is 61.4 Å². The van der Waals surface area contributed by atoms with E-state index in [9.17, 15) is 9.90 Å². The zero-order valence-corrected chi connectivity index (χ0v) is 13.7. The van der Waals surface area contributed by atoms with Crippen LogP contribution in [-0.4, -0.2) is 55.8 Å². The summed E-state index contributed by atoms with van der Waals surface area (Å²) in [6, 6.07) is 7.32. The minimum atomic E-state index is 0.106. The minimum Gasteiger partial charge on any atom is -0.497 e. The maximum atomic E-state index is 12.6. The molecule has 2 heterocycles. The van der Waals surface area contributed by atoms with Gasteiger partial charge in [-0.25, -0.2) is 0 Å². The molecule has 5 heteroatoms. The molecule has 126 valence electrons. The SMILES string of the molecule is COc1ccc(C(=O)N2CCC([C@@H]3CNC[C@H]3CO)CC2)cc1. The quantitative estimate of drug-likeness (QED) is 0.880. The summed E-state index contributed by atoms with van der Waals surface area (Å²) < 4.78 is 5.13. The van der Waals surface area contributed by atoms with Gasteiger partial charge in [0, 0.05) is 31.8 Å². The number of carbonyl (C=O) groups is 1. The number of aliphatic hydroxyl groups excluding tert-OH is 1. The van der Waals surface area contributed by atoms with Gasteiger partial charge in [0.05, 0.1) is 7.11 Å². The molecule has 3 rings (SSSR count). The first kappa shape index (κ1) is 16.3. The minimum absolute atomic E-state index is 0.106. The second-order valence-corrected chi connectivity index (χ2v) is 6.62. The van der Waals surface area contributed by atoms with Gasteiger partial charge in [0.2, 0.25) is 0 Å². The van der Waals surface area contributed by atoms with Gasteiger partial charge in [-0.15, -0.1) is 0 Å². The van der Waals surface area contributed by atoms with Crippen LogP contribution in [0.15, 0.2) is 24.3 Å². The monoisotopic (exact) mass is 318 g/mol. The summed E-state index contributed by atoms with van der Waals surface area (Å²) in [6.45, 7) is 3.81. The fraction of sp³-hybridized carbons (Fsp3) is 0.611. The number of hydrogen-bond acceptors (Lipinski definition) is 4. The molecule has 2 N–H and O–H groups in total. The van der Waals surface area contributed by atoms with Crippen LogP contribution in [0.3, 0.4) is 0 Å². The molecule has 1 amide bonds. The van der Waals surface area contributed by atoms with Gasteiger partial charge >= 0.3 is 0 Å². The highest BCUT2D eigenvalue weighted by Crippen LogP contribution is 2.32. The van der Waals surface area contributed by atoms with Crippen LogP contribution in [0.5, 0.6) is 5.75 Å². The molecule has 0 unspecified atom stereocenters. The molecule has 0 bridgehead atoms. The van der Waals surface area contributed by atoms with E-state index in [1.54, 1.807) is 7.11 Å². The van der Waals surface area contributed by atoms with Gasteiger partial charge in [0.25, 0.3) is 5.91 Å². The summed E-state index contributed by atoms with van der Waals surface area (Å²) in [6.07, 6.45) is 2.06. The number of ether oxygens (including phenoxy) is 1. The second-order valence-electron chi connectivity index (χ2n) is 6.62. The van der Waals surface area contributed by atoms with E-state index in [1.165, 1.54) is 0 Å². The lowest BCUT2D eigenvalue weighted by molar-refractivity contribution is 0.0625. The van der Waals surface area contributed by atoms with E-state index in [-0.39, 0.29) is 12.5 Å². The van der Waals surface area contributed by atoms with Crippen LogP contribution in [0, 0.1) is 17.8 Å². The van der Waals surface area contributed by atoms with E-state index in [2.05, 4.69) is 5.32 Å². The van der Waals surface area contributed by atoms with Crippen molar-refractivity contribution in [2.45, 2.75) is 12.8 Å². The largest absolute Gasteiger partial charge is 0.497 e. The van der Waals surface area contributed by atoms with Crippen molar-refractivity contribution in [3.63, 3.8) is 0 Å². The predicted molar refractivity (Wildman–Crippen MR) is 88.6 cm³/mol. The Morgan fingerprint density at radius 2 is 1.96 bits per heavy atom. The van der Waals surface area contributed by atoms with Gasteiger partial charge in [-0.3, -0.25) is 4.79 Å². The number of nitrogens with zero attached hydrogens (tertiary/aromatic N) is 1. The predicted octanol–water partition coefficient (Wildman–Crippen LogP) is 1.38. The van der Waals surface area contributed by atoms with E-state index < -0.39 is 0 Å². The molecule has 5 nitrogen and oxygen atoms in total. The number of hydrogen-bond donors (Lipinski definition) is 2. The summed E-state index contributed by atoms with van der Waals surface area (Å²) in [4.78, 5) is 14.5. The number of benzene rings is 1. The number of rotatable bonds is 4. The average Bonchev–Trinajstić information content (AvgIpc) is 3.10. The number of piperidine rings is 1. The van der Waals surface area contributed by atoms with Crippen LogP contribution < -0.4 is 10.1 Å².